The van der Waals surface area contributed by atoms with Gasteiger partial charge in [-0.05, 0) is 32.5 Å². The topological polar surface area (TPSA) is 34.4 Å². The first kappa shape index (κ1) is 16.0. The molecule has 3 nitrogen and oxygen atoms in total. The van der Waals surface area contributed by atoms with Crippen molar-refractivity contribution in [1.82, 2.24) is 5.32 Å². The van der Waals surface area contributed by atoms with Gasteiger partial charge in [0.1, 0.15) is 11.5 Å². The Hall–Kier alpha value is -1.39. The number of rotatable bonds is 8. The van der Waals surface area contributed by atoms with E-state index >= 15 is 0 Å². The Morgan fingerprint density at radius 2 is 2.05 bits per heavy atom. The Labute approximate surface area is 131 Å². The zero-order valence-corrected chi connectivity index (χ0v) is 13.7. The van der Waals surface area contributed by atoms with Crippen molar-refractivity contribution < 1.29 is 9.15 Å². The summed E-state index contributed by atoms with van der Waals surface area (Å²) in [6.45, 7) is 7.76. The number of nitrogens with one attached hydrogen (secondary N) is 1. The minimum absolute atomic E-state index is 0.261. The second kappa shape index (κ2) is 8.15. The highest BCUT2D eigenvalue weighted by molar-refractivity contribution is 7.99. The first-order valence-electron chi connectivity index (χ1n) is 7.38. The second-order valence-electron chi connectivity index (χ2n) is 4.73. The van der Waals surface area contributed by atoms with Crippen LogP contribution in [0.2, 0.25) is 0 Å². The van der Waals surface area contributed by atoms with Crippen molar-refractivity contribution in [3.05, 3.63) is 47.9 Å². The number of aryl methyl sites for hydroxylation is 1. The molecule has 0 spiro atoms. The molecule has 1 atom stereocenters. The summed E-state index contributed by atoms with van der Waals surface area (Å²) in [6.07, 6.45) is 1.74. The van der Waals surface area contributed by atoms with E-state index in [1.807, 2.05) is 43.8 Å². The summed E-state index contributed by atoms with van der Waals surface area (Å²) in [5, 5.41) is 3.55. The van der Waals surface area contributed by atoms with Crippen molar-refractivity contribution in [1.29, 1.82) is 0 Å². The zero-order chi connectivity index (χ0) is 15.1. The molecule has 4 heteroatoms. The van der Waals surface area contributed by atoms with Crippen molar-refractivity contribution in [3.8, 4) is 5.75 Å². The number of furan rings is 1. The Morgan fingerprint density at radius 1 is 1.24 bits per heavy atom. The first-order valence-corrected chi connectivity index (χ1v) is 8.36. The molecule has 2 aromatic rings. The Kier molecular flexibility index (Phi) is 6.21. The van der Waals surface area contributed by atoms with Crippen LogP contribution in [0.25, 0.3) is 0 Å². The SMILES string of the molecule is CCNC(CSc1ccoc1C)c1ccccc1OCC. The van der Waals surface area contributed by atoms with E-state index in [2.05, 4.69) is 24.4 Å². The number of hydrogen-bond acceptors (Lipinski definition) is 4. The van der Waals surface area contributed by atoms with Gasteiger partial charge in [0.05, 0.1) is 12.9 Å². The molecule has 0 aliphatic rings. The monoisotopic (exact) mass is 305 g/mol. The van der Waals surface area contributed by atoms with Crippen molar-refractivity contribution >= 4 is 11.8 Å². The summed E-state index contributed by atoms with van der Waals surface area (Å²) in [7, 11) is 0. The fourth-order valence-electron chi connectivity index (χ4n) is 2.26. The highest BCUT2D eigenvalue weighted by atomic mass is 32.2. The standard InChI is InChI=1S/C17H23NO2S/c1-4-18-15(12-21-17-10-11-20-13(17)3)14-8-6-7-9-16(14)19-5-2/h6-11,15,18H,4-5,12H2,1-3H3. The maximum Gasteiger partial charge on any atom is 0.124 e. The molecule has 0 aliphatic heterocycles. The van der Waals surface area contributed by atoms with E-state index in [1.54, 1.807) is 6.26 Å². The minimum Gasteiger partial charge on any atom is -0.494 e. The van der Waals surface area contributed by atoms with Crippen LogP contribution < -0.4 is 10.1 Å². The van der Waals surface area contributed by atoms with E-state index in [1.165, 1.54) is 10.5 Å². The summed E-state index contributed by atoms with van der Waals surface area (Å²) >= 11 is 1.81. The van der Waals surface area contributed by atoms with Gasteiger partial charge in [-0.25, -0.2) is 0 Å². The van der Waals surface area contributed by atoms with Gasteiger partial charge in [0.2, 0.25) is 0 Å². The molecule has 0 saturated heterocycles. The maximum atomic E-state index is 5.76. The first-order chi connectivity index (χ1) is 10.3. The number of para-hydroxylation sites is 1. The van der Waals surface area contributed by atoms with Gasteiger partial charge in [-0.1, -0.05) is 25.1 Å². The van der Waals surface area contributed by atoms with Crippen LogP contribution >= 0.6 is 11.8 Å². The van der Waals surface area contributed by atoms with Crippen molar-refractivity contribution in [2.24, 2.45) is 0 Å². The largest absolute Gasteiger partial charge is 0.494 e. The maximum absolute atomic E-state index is 5.76. The number of thioether (sulfide) groups is 1. The van der Waals surface area contributed by atoms with Gasteiger partial charge in [-0.15, -0.1) is 11.8 Å². The second-order valence-corrected chi connectivity index (χ2v) is 5.79. The molecule has 0 aliphatic carbocycles. The Balaban J connectivity index is 2.13. The van der Waals surface area contributed by atoms with Gasteiger partial charge in [0.25, 0.3) is 0 Å². The lowest BCUT2D eigenvalue weighted by molar-refractivity contribution is 0.333. The quantitative estimate of drug-likeness (QED) is 0.732. The molecule has 0 amide bonds. The van der Waals surface area contributed by atoms with Gasteiger partial charge in [0, 0.05) is 22.3 Å². The van der Waals surface area contributed by atoms with Gasteiger partial charge in [0.15, 0.2) is 0 Å². The van der Waals surface area contributed by atoms with Gasteiger partial charge in [-0.3, -0.25) is 0 Å². The smallest absolute Gasteiger partial charge is 0.124 e. The highest BCUT2D eigenvalue weighted by Crippen LogP contribution is 2.31. The third-order valence-corrected chi connectivity index (χ3v) is 4.50. The third-order valence-electron chi connectivity index (χ3n) is 3.26. The number of benzene rings is 1. The molecule has 0 saturated carbocycles. The van der Waals surface area contributed by atoms with Crippen molar-refractivity contribution in [2.75, 3.05) is 18.9 Å². The minimum atomic E-state index is 0.261. The molecule has 1 aromatic heterocycles. The van der Waals surface area contributed by atoms with Crippen LogP contribution in [0.15, 0.2) is 45.9 Å². The molecule has 1 unspecified atom stereocenters. The number of ether oxygens (including phenoxy) is 1. The third kappa shape index (κ3) is 4.29. The highest BCUT2D eigenvalue weighted by Gasteiger charge is 2.16. The molecule has 0 fully saturated rings. The average Bonchev–Trinajstić information content (AvgIpc) is 2.90. The lowest BCUT2D eigenvalue weighted by Crippen LogP contribution is -2.23. The van der Waals surface area contributed by atoms with Crippen molar-refractivity contribution in [2.45, 2.75) is 31.7 Å². The zero-order valence-electron chi connectivity index (χ0n) is 12.9. The molecule has 21 heavy (non-hydrogen) atoms. The van der Waals surface area contributed by atoms with Crippen molar-refractivity contribution in [3.63, 3.8) is 0 Å². The molecule has 1 aromatic carbocycles. The normalized spacial score (nSPS) is 12.3. The Morgan fingerprint density at radius 3 is 2.71 bits per heavy atom. The van der Waals surface area contributed by atoms with Gasteiger partial charge < -0.3 is 14.5 Å². The van der Waals surface area contributed by atoms with E-state index in [0.29, 0.717) is 6.61 Å². The predicted molar refractivity (Wildman–Crippen MR) is 88.2 cm³/mol. The van der Waals surface area contributed by atoms with Crippen LogP contribution in [0, 0.1) is 6.92 Å². The average molecular weight is 305 g/mol. The summed E-state index contributed by atoms with van der Waals surface area (Å²) in [5.41, 5.74) is 1.22. The van der Waals surface area contributed by atoms with Crippen LogP contribution in [-0.4, -0.2) is 18.9 Å². The van der Waals surface area contributed by atoms with E-state index < -0.39 is 0 Å². The van der Waals surface area contributed by atoms with E-state index in [0.717, 1.165) is 23.8 Å². The van der Waals surface area contributed by atoms with Crippen LogP contribution in [0.4, 0.5) is 0 Å². The van der Waals surface area contributed by atoms with Gasteiger partial charge in [-0.2, -0.15) is 0 Å². The predicted octanol–water partition coefficient (Wildman–Crippen LogP) is 4.43. The van der Waals surface area contributed by atoms with Crippen LogP contribution in [0.1, 0.15) is 31.2 Å². The van der Waals surface area contributed by atoms with Gasteiger partial charge >= 0.3 is 0 Å². The lowest BCUT2D eigenvalue weighted by Gasteiger charge is -2.20. The lowest BCUT2D eigenvalue weighted by atomic mass is 10.1. The molecule has 2 rings (SSSR count). The molecule has 0 radical (unpaired) electrons. The molecular formula is C17H23NO2S. The number of hydrogen-bond donors (Lipinski definition) is 1. The van der Waals surface area contributed by atoms with E-state index in [-0.39, 0.29) is 6.04 Å². The fraction of sp³-hybridized carbons (Fsp3) is 0.412. The molecule has 0 bridgehead atoms. The van der Waals surface area contributed by atoms with Crippen LogP contribution in [0.5, 0.6) is 5.75 Å². The fourth-order valence-corrected chi connectivity index (χ4v) is 3.30. The van der Waals surface area contributed by atoms with E-state index in [4.69, 9.17) is 9.15 Å². The van der Waals surface area contributed by atoms with Crippen LogP contribution in [0.3, 0.4) is 0 Å². The van der Waals surface area contributed by atoms with E-state index in [9.17, 15) is 0 Å². The molecular weight excluding hydrogens is 282 g/mol. The molecule has 114 valence electrons. The summed E-state index contributed by atoms with van der Waals surface area (Å²) in [5.74, 6) is 2.89. The molecule has 1 N–H and O–H groups in total. The summed E-state index contributed by atoms with van der Waals surface area (Å²) in [4.78, 5) is 1.20. The van der Waals surface area contributed by atoms with Crippen LogP contribution in [-0.2, 0) is 0 Å². The molecule has 1 heterocycles. The summed E-state index contributed by atoms with van der Waals surface area (Å²) < 4.78 is 11.1. The summed E-state index contributed by atoms with van der Waals surface area (Å²) in [6, 6.07) is 10.5. The Bertz CT molecular complexity index is 553.